The third kappa shape index (κ3) is 4.12. The summed E-state index contributed by atoms with van der Waals surface area (Å²) in [5, 5.41) is 7.54. The molecule has 1 amide bonds. The van der Waals surface area contributed by atoms with E-state index in [-0.39, 0.29) is 16.8 Å². The molecule has 9 nitrogen and oxygen atoms in total. The third-order valence-corrected chi connectivity index (χ3v) is 8.10. The molecular weight excluding hydrogens is 472 g/mol. The van der Waals surface area contributed by atoms with Crippen molar-refractivity contribution in [3.8, 4) is 11.3 Å². The summed E-state index contributed by atoms with van der Waals surface area (Å²) in [5.74, 6) is 0.298. The van der Waals surface area contributed by atoms with Crippen LogP contribution >= 0.6 is 11.3 Å². The van der Waals surface area contributed by atoms with Crippen molar-refractivity contribution in [1.82, 2.24) is 19.9 Å². The van der Waals surface area contributed by atoms with Crippen LogP contribution in [-0.2, 0) is 9.84 Å². The molecule has 1 aliphatic heterocycles. The van der Waals surface area contributed by atoms with Crippen LogP contribution in [0.4, 0.5) is 11.5 Å². The molecule has 0 bridgehead atoms. The number of hydrogen-bond acceptors (Lipinski definition) is 8. The minimum atomic E-state index is -3.29. The molecule has 1 aromatic carbocycles. The third-order valence-electron chi connectivity index (χ3n) is 5.97. The van der Waals surface area contributed by atoms with E-state index in [1.165, 1.54) is 23.9 Å². The lowest BCUT2D eigenvalue weighted by atomic mass is 10.1. The summed E-state index contributed by atoms with van der Waals surface area (Å²) in [6.45, 7) is 3.36. The summed E-state index contributed by atoms with van der Waals surface area (Å²) in [6.07, 6.45) is 3.39. The number of sulfone groups is 1. The standard InChI is InChI=1S/C23H24N6O3S2/c1-14-3-8-20(33-14)23(30)27-16-9-10-28(12-16)19-11-18(29-21(19)22(24)25-13-26-29)15-4-6-17(7-5-15)34(2,31)32/h3-8,11,13,16H,9-10,12H2,1-2H3,(H,27,30)(H2,24,25,26)/t16-/m1/s1. The number of nitrogens with zero attached hydrogens (tertiary/aromatic N) is 4. The van der Waals surface area contributed by atoms with Gasteiger partial charge in [0.15, 0.2) is 15.7 Å². The highest BCUT2D eigenvalue weighted by atomic mass is 32.2. The molecule has 1 aliphatic rings. The molecule has 1 atom stereocenters. The van der Waals surface area contributed by atoms with E-state index in [2.05, 4.69) is 20.3 Å². The lowest BCUT2D eigenvalue weighted by Crippen LogP contribution is -2.36. The molecule has 11 heteroatoms. The van der Waals surface area contributed by atoms with Gasteiger partial charge in [-0.2, -0.15) is 5.10 Å². The summed E-state index contributed by atoms with van der Waals surface area (Å²) in [7, 11) is -3.29. The van der Waals surface area contributed by atoms with E-state index < -0.39 is 9.84 Å². The van der Waals surface area contributed by atoms with Crippen LogP contribution in [0.15, 0.2) is 53.7 Å². The minimum Gasteiger partial charge on any atom is -0.382 e. The van der Waals surface area contributed by atoms with E-state index in [4.69, 9.17) is 5.73 Å². The number of benzene rings is 1. The van der Waals surface area contributed by atoms with E-state index in [0.717, 1.165) is 34.8 Å². The highest BCUT2D eigenvalue weighted by Crippen LogP contribution is 2.35. The highest BCUT2D eigenvalue weighted by molar-refractivity contribution is 7.90. The fourth-order valence-corrected chi connectivity index (χ4v) is 5.68. The lowest BCUT2D eigenvalue weighted by Gasteiger charge is -2.18. The highest BCUT2D eigenvalue weighted by Gasteiger charge is 2.28. The number of aromatic nitrogens is 3. The summed E-state index contributed by atoms with van der Waals surface area (Å²) in [6, 6.07) is 12.5. The Morgan fingerprint density at radius 3 is 2.65 bits per heavy atom. The smallest absolute Gasteiger partial charge is 0.261 e. The van der Waals surface area contributed by atoms with E-state index >= 15 is 0 Å². The van der Waals surface area contributed by atoms with E-state index in [1.807, 2.05) is 25.1 Å². The quantitative estimate of drug-likeness (QED) is 0.436. The number of fused-ring (bicyclic) bond motifs is 1. The van der Waals surface area contributed by atoms with Crippen LogP contribution in [0.25, 0.3) is 16.8 Å². The first kappa shape index (κ1) is 22.4. The summed E-state index contributed by atoms with van der Waals surface area (Å²) in [5.41, 5.74) is 9.40. The van der Waals surface area contributed by atoms with Gasteiger partial charge >= 0.3 is 0 Å². The number of nitrogens with one attached hydrogen (secondary N) is 1. The molecule has 0 aliphatic carbocycles. The Morgan fingerprint density at radius 2 is 1.97 bits per heavy atom. The van der Waals surface area contributed by atoms with Gasteiger partial charge in [0.2, 0.25) is 0 Å². The summed E-state index contributed by atoms with van der Waals surface area (Å²) in [4.78, 5) is 21.0. The molecule has 0 saturated carbocycles. The van der Waals surface area contributed by atoms with Crippen molar-refractivity contribution >= 4 is 44.1 Å². The Morgan fingerprint density at radius 1 is 1.21 bits per heavy atom. The van der Waals surface area contributed by atoms with Gasteiger partial charge in [0.1, 0.15) is 11.8 Å². The second kappa shape index (κ2) is 8.41. The average Bonchev–Trinajstić information content (AvgIpc) is 3.52. The predicted octanol–water partition coefficient (Wildman–Crippen LogP) is 2.76. The molecule has 4 aromatic rings. The first-order chi connectivity index (χ1) is 16.2. The van der Waals surface area contributed by atoms with Crippen molar-refractivity contribution in [1.29, 1.82) is 0 Å². The van der Waals surface area contributed by atoms with Crippen LogP contribution < -0.4 is 16.0 Å². The molecule has 5 rings (SSSR count). The Labute approximate surface area is 201 Å². The predicted molar refractivity (Wildman–Crippen MR) is 133 cm³/mol. The van der Waals surface area contributed by atoms with Gasteiger partial charge in [-0.25, -0.2) is 17.9 Å². The second-order valence-electron chi connectivity index (χ2n) is 8.43. The summed E-state index contributed by atoms with van der Waals surface area (Å²) >= 11 is 1.48. The van der Waals surface area contributed by atoms with Gasteiger partial charge in [0.25, 0.3) is 5.91 Å². The largest absolute Gasteiger partial charge is 0.382 e. The number of nitrogens with two attached hydrogens (primary N) is 1. The minimum absolute atomic E-state index is 0.00760. The molecule has 176 valence electrons. The number of carbonyl (C=O) groups is 1. The van der Waals surface area contributed by atoms with Crippen molar-refractivity contribution in [3.05, 3.63) is 58.5 Å². The Bertz CT molecular complexity index is 1490. The second-order valence-corrected chi connectivity index (χ2v) is 11.7. The van der Waals surface area contributed by atoms with Crippen LogP contribution in [-0.4, -0.2) is 54.3 Å². The molecule has 0 spiro atoms. The molecule has 34 heavy (non-hydrogen) atoms. The first-order valence-corrected chi connectivity index (χ1v) is 13.5. The van der Waals surface area contributed by atoms with E-state index in [1.54, 1.807) is 28.8 Å². The van der Waals surface area contributed by atoms with Crippen LogP contribution in [0.2, 0.25) is 0 Å². The van der Waals surface area contributed by atoms with E-state index in [9.17, 15) is 13.2 Å². The van der Waals surface area contributed by atoms with Crippen molar-refractivity contribution < 1.29 is 13.2 Å². The van der Waals surface area contributed by atoms with Crippen molar-refractivity contribution in [2.24, 2.45) is 0 Å². The van der Waals surface area contributed by atoms with Crippen molar-refractivity contribution in [2.45, 2.75) is 24.3 Å². The number of amides is 1. The van der Waals surface area contributed by atoms with Crippen LogP contribution in [0, 0.1) is 6.92 Å². The number of rotatable bonds is 5. The Kier molecular flexibility index (Phi) is 5.53. The number of carbonyl (C=O) groups excluding carboxylic acids is 1. The average molecular weight is 497 g/mol. The van der Waals surface area contributed by atoms with Gasteiger partial charge in [-0.15, -0.1) is 11.3 Å². The normalized spacial score (nSPS) is 16.3. The maximum Gasteiger partial charge on any atom is 0.261 e. The molecule has 1 saturated heterocycles. The maximum atomic E-state index is 12.6. The molecule has 4 heterocycles. The Hall–Kier alpha value is -3.44. The van der Waals surface area contributed by atoms with Gasteiger partial charge in [-0.05, 0) is 43.7 Å². The molecule has 0 radical (unpaired) electrons. The monoisotopic (exact) mass is 496 g/mol. The number of aryl methyl sites for hydroxylation is 1. The van der Waals surface area contributed by atoms with Gasteiger partial charge in [-0.1, -0.05) is 12.1 Å². The lowest BCUT2D eigenvalue weighted by molar-refractivity contribution is 0.0944. The number of hydrogen-bond donors (Lipinski definition) is 2. The number of thiophene rings is 1. The topological polar surface area (TPSA) is 123 Å². The zero-order valence-electron chi connectivity index (χ0n) is 18.7. The zero-order chi connectivity index (χ0) is 24.0. The SMILES string of the molecule is Cc1ccc(C(=O)N[C@@H]2CCN(c3cc(-c4ccc(S(C)(=O)=O)cc4)n4ncnc(N)c34)C2)s1. The first-order valence-electron chi connectivity index (χ1n) is 10.8. The van der Waals surface area contributed by atoms with Gasteiger partial charge in [0, 0.05) is 35.8 Å². The molecule has 1 fully saturated rings. The molecule has 0 unspecified atom stereocenters. The fraction of sp³-hybridized carbons (Fsp3) is 0.261. The van der Waals surface area contributed by atoms with Crippen LogP contribution in [0.3, 0.4) is 0 Å². The zero-order valence-corrected chi connectivity index (χ0v) is 20.4. The number of nitrogen functional groups attached to an aromatic ring is 1. The van der Waals surface area contributed by atoms with Crippen molar-refractivity contribution in [3.63, 3.8) is 0 Å². The van der Waals surface area contributed by atoms with Crippen LogP contribution in [0.1, 0.15) is 21.0 Å². The van der Waals surface area contributed by atoms with Gasteiger partial charge in [0.05, 0.1) is 21.2 Å². The van der Waals surface area contributed by atoms with Gasteiger partial charge < -0.3 is 16.0 Å². The molecule has 3 N–H and O–H groups in total. The van der Waals surface area contributed by atoms with E-state index in [0.29, 0.717) is 22.8 Å². The maximum absolute atomic E-state index is 12.6. The summed E-state index contributed by atoms with van der Waals surface area (Å²) < 4.78 is 25.4. The van der Waals surface area contributed by atoms with Gasteiger partial charge in [-0.3, -0.25) is 4.79 Å². The Balaban J connectivity index is 1.45. The van der Waals surface area contributed by atoms with Crippen LogP contribution in [0.5, 0.6) is 0 Å². The molecule has 3 aromatic heterocycles. The van der Waals surface area contributed by atoms with Crippen molar-refractivity contribution in [2.75, 3.05) is 30.0 Å². The fourth-order valence-electron chi connectivity index (χ4n) is 4.28. The molecular formula is C23H24N6O3S2. The number of anilines is 2.